The summed E-state index contributed by atoms with van der Waals surface area (Å²) in [4.78, 5) is 3.93. The Balaban J connectivity index is 2.19. The lowest BCUT2D eigenvalue weighted by molar-refractivity contribution is 0.385. The summed E-state index contributed by atoms with van der Waals surface area (Å²) < 4.78 is 30.5. The molecule has 0 radical (unpaired) electrons. The molecule has 0 saturated carbocycles. The molecule has 0 N–H and O–H groups in total. The number of nitrogens with zero attached hydrogens (tertiary/aromatic N) is 2. The number of alkyl halides is 1. The van der Waals surface area contributed by atoms with E-state index in [4.69, 9.17) is 16.1 Å². The molecule has 1 aromatic heterocycles. The smallest absolute Gasteiger partial charge is 0.241 e. The molecule has 6 heteroatoms. The highest BCUT2D eigenvalue weighted by atomic mass is 35.5. The van der Waals surface area contributed by atoms with Gasteiger partial charge in [0.1, 0.15) is 17.5 Å². The molecule has 16 heavy (non-hydrogen) atoms. The first-order valence-corrected chi connectivity index (χ1v) is 5.03. The van der Waals surface area contributed by atoms with Crippen molar-refractivity contribution < 1.29 is 13.3 Å². The second kappa shape index (κ2) is 4.57. The van der Waals surface area contributed by atoms with Crippen molar-refractivity contribution in [1.29, 1.82) is 0 Å². The van der Waals surface area contributed by atoms with Crippen LogP contribution in [0, 0.1) is 11.6 Å². The molecule has 1 heterocycles. The van der Waals surface area contributed by atoms with Gasteiger partial charge in [-0.25, -0.2) is 8.78 Å². The first-order chi connectivity index (χ1) is 7.67. The van der Waals surface area contributed by atoms with Crippen LogP contribution in [0.3, 0.4) is 0 Å². The molecule has 0 saturated heterocycles. The minimum Gasteiger partial charge on any atom is -0.338 e. The van der Waals surface area contributed by atoms with Gasteiger partial charge in [-0.1, -0.05) is 5.16 Å². The third-order valence-corrected chi connectivity index (χ3v) is 2.14. The summed E-state index contributed by atoms with van der Waals surface area (Å²) in [6, 6.07) is 3.25. The predicted molar refractivity (Wildman–Crippen MR) is 53.0 cm³/mol. The van der Waals surface area contributed by atoms with Gasteiger partial charge < -0.3 is 4.52 Å². The van der Waals surface area contributed by atoms with Crippen LogP contribution < -0.4 is 0 Å². The molecule has 84 valence electrons. The van der Waals surface area contributed by atoms with Crippen molar-refractivity contribution in [2.24, 2.45) is 0 Å². The van der Waals surface area contributed by atoms with Crippen LogP contribution in [0.25, 0.3) is 0 Å². The Hall–Kier alpha value is -1.49. The maximum absolute atomic E-state index is 12.9. The average Bonchev–Trinajstić information content (AvgIpc) is 2.64. The van der Waals surface area contributed by atoms with Crippen LogP contribution in [0.15, 0.2) is 22.7 Å². The standard InChI is InChI=1S/C10H7ClF2N2O/c11-5-10-14-9(15-16-10)3-6-1-7(12)4-8(13)2-6/h1-2,4H,3,5H2. The molecule has 2 rings (SSSR count). The van der Waals surface area contributed by atoms with E-state index in [2.05, 4.69) is 10.1 Å². The molecule has 0 aliphatic rings. The fraction of sp³-hybridized carbons (Fsp3) is 0.200. The zero-order valence-corrected chi connectivity index (χ0v) is 8.84. The van der Waals surface area contributed by atoms with Crippen molar-refractivity contribution in [3.63, 3.8) is 0 Å². The number of halogens is 3. The zero-order valence-electron chi connectivity index (χ0n) is 8.08. The Kier molecular flexibility index (Phi) is 3.14. The third kappa shape index (κ3) is 2.55. The van der Waals surface area contributed by atoms with Crippen molar-refractivity contribution in [3.05, 3.63) is 47.1 Å². The van der Waals surface area contributed by atoms with Crippen LogP contribution in [-0.2, 0) is 12.3 Å². The molecule has 1 aromatic carbocycles. The lowest BCUT2D eigenvalue weighted by Crippen LogP contribution is -1.93. The molecule has 0 amide bonds. The van der Waals surface area contributed by atoms with Crippen molar-refractivity contribution in [2.75, 3.05) is 0 Å². The normalized spacial score (nSPS) is 10.7. The van der Waals surface area contributed by atoms with Crippen LogP contribution >= 0.6 is 11.6 Å². The van der Waals surface area contributed by atoms with Gasteiger partial charge >= 0.3 is 0 Å². The molecule has 0 bridgehead atoms. The fourth-order valence-electron chi connectivity index (χ4n) is 1.31. The van der Waals surface area contributed by atoms with E-state index in [9.17, 15) is 8.78 Å². The first kappa shape index (κ1) is 11.0. The second-order valence-corrected chi connectivity index (χ2v) is 3.46. The van der Waals surface area contributed by atoms with E-state index in [0.717, 1.165) is 6.07 Å². The molecule has 0 fully saturated rings. The Morgan fingerprint density at radius 2 is 1.88 bits per heavy atom. The summed E-state index contributed by atoms with van der Waals surface area (Å²) in [7, 11) is 0. The van der Waals surface area contributed by atoms with E-state index in [0.29, 0.717) is 11.4 Å². The Morgan fingerprint density at radius 1 is 1.19 bits per heavy atom. The van der Waals surface area contributed by atoms with Crippen LogP contribution in [0.4, 0.5) is 8.78 Å². The highest BCUT2D eigenvalue weighted by Gasteiger charge is 2.07. The third-order valence-electron chi connectivity index (χ3n) is 1.91. The summed E-state index contributed by atoms with van der Waals surface area (Å²) >= 11 is 5.48. The summed E-state index contributed by atoms with van der Waals surface area (Å²) in [6.07, 6.45) is 0.203. The van der Waals surface area contributed by atoms with E-state index in [1.807, 2.05) is 0 Å². The molecular formula is C10H7ClF2N2O. The van der Waals surface area contributed by atoms with Crippen LogP contribution in [-0.4, -0.2) is 10.1 Å². The quantitative estimate of drug-likeness (QED) is 0.780. The lowest BCUT2D eigenvalue weighted by Gasteiger charge is -1.97. The Bertz CT molecular complexity index is 481. The fourth-order valence-corrected chi connectivity index (χ4v) is 1.42. The molecule has 0 unspecified atom stereocenters. The number of hydrogen-bond acceptors (Lipinski definition) is 3. The van der Waals surface area contributed by atoms with Gasteiger partial charge in [-0.2, -0.15) is 4.98 Å². The maximum Gasteiger partial charge on any atom is 0.241 e. The summed E-state index contributed by atoms with van der Waals surface area (Å²) in [6.45, 7) is 0. The SMILES string of the molecule is Fc1cc(F)cc(Cc2noc(CCl)n2)c1. The van der Waals surface area contributed by atoms with Gasteiger partial charge in [-0.15, -0.1) is 11.6 Å². The molecule has 3 nitrogen and oxygen atoms in total. The number of rotatable bonds is 3. The van der Waals surface area contributed by atoms with Crippen LogP contribution in [0.1, 0.15) is 17.3 Å². The predicted octanol–water partition coefficient (Wildman–Crippen LogP) is 2.68. The van der Waals surface area contributed by atoms with Gasteiger partial charge in [0.05, 0.1) is 0 Å². The second-order valence-electron chi connectivity index (χ2n) is 3.19. The van der Waals surface area contributed by atoms with Gasteiger partial charge in [0.15, 0.2) is 5.82 Å². The number of benzene rings is 1. The van der Waals surface area contributed by atoms with E-state index in [1.165, 1.54) is 12.1 Å². The number of hydrogen-bond donors (Lipinski definition) is 0. The minimum absolute atomic E-state index is 0.116. The lowest BCUT2D eigenvalue weighted by atomic mass is 10.1. The van der Waals surface area contributed by atoms with Gasteiger partial charge in [0.2, 0.25) is 5.89 Å². The van der Waals surface area contributed by atoms with Crippen LogP contribution in [0.2, 0.25) is 0 Å². The topological polar surface area (TPSA) is 38.9 Å². The molecular weight excluding hydrogens is 238 g/mol. The largest absolute Gasteiger partial charge is 0.338 e. The van der Waals surface area contributed by atoms with Crippen molar-refractivity contribution in [3.8, 4) is 0 Å². The molecule has 2 aromatic rings. The van der Waals surface area contributed by atoms with Crippen molar-refractivity contribution in [2.45, 2.75) is 12.3 Å². The summed E-state index contributed by atoms with van der Waals surface area (Å²) in [5, 5.41) is 3.63. The molecule has 0 atom stereocenters. The van der Waals surface area contributed by atoms with E-state index in [1.54, 1.807) is 0 Å². The zero-order chi connectivity index (χ0) is 11.5. The Morgan fingerprint density at radius 3 is 2.44 bits per heavy atom. The summed E-state index contributed by atoms with van der Waals surface area (Å²) in [5.41, 5.74) is 0.444. The summed E-state index contributed by atoms with van der Waals surface area (Å²) in [5.74, 6) is -0.508. The highest BCUT2D eigenvalue weighted by Crippen LogP contribution is 2.12. The first-order valence-electron chi connectivity index (χ1n) is 4.50. The van der Waals surface area contributed by atoms with Crippen molar-refractivity contribution >= 4 is 11.6 Å². The van der Waals surface area contributed by atoms with Crippen LogP contribution in [0.5, 0.6) is 0 Å². The highest BCUT2D eigenvalue weighted by molar-refractivity contribution is 6.16. The molecule has 0 aliphatic heterocycles. The molecule has 0 spiro atoms. The molecule has 0 aliphatic carbocycles. The van der Waals surface area contributed by atoms with E-state index < -0.39 is 11.6 Å². The Labute approximate surface area is 95.0 Å². The monoisotopic (exact) mass is 244 g/mol. The van der Waals surface area contributed by atoms with Gasteiger partial charge in [-0.3, -0.25) is 0 Å². The minimum atomic E-state index is -0.629. The van der Waals surface area contributed by atoms with Gasteiger partial charge in [0, 0.05) is 12.5 Å². The number of aromatic nitrogens is 2. The van der Waals surface area contributed by atoms with Gasteiger partial charge in [-0.05, 0) is 17.7 Å². The van der Waals surface area contributed by atoms with Gasteiger partial charge in [0.25, 0.3) is 0 Å². The van der Waals surface area contributed by atoms with E-state index >= 15 is 0 Å². The maximum atomic E-state index is 12.9. The van der Waals surface area contributed by atoms with Crippen molar-refractivity contribution in [1.82, 2.24) is 10.1 Å². The van der Waals surface area contributed by atoms with E-state index in [-0.39, 0.29) is 18.2 Å². The average molecular weight is 245 g/mol.